The summed E-state index contributed by atoms with van der Waals surface area (Å²) in [6, 6.07) is -0.391. The highest BCUT2D eigenvalue weighted by Gasteiger charge is 2.23. The van der Waals surface area contributed by atoms with Crippen molar-refractivity contribution in [1.29, 1.82) is 0 Å². The molecule has 0 aromatic carbocycles. The first-order valence-electron chi connectivity index (χ1n) is 5.30. The first-order chi connectivity index (χ1) is 7.20. The van der Waals surface area contributed by atoms with Crippen LogP contribution in [0.2, 0.25) is 0 Å². The van der Waals surface area contributed by atoms with Crippen molar-refractivity contribution in [2.24, 2.45) is 5.73 Å². The second-order valence-corrected chi connectivity index (χ2v) is 4.26. The number of hydrogen-bond acceptors (Lipinski definition) is 4. The molecule has 2 rings (SSSR count). The van der Waals surface area contributed by atoms with Crippen molar-refractivity contribution >= 4 is 0 Å². The minimum Gasteiger partial charge on any atom is -0.394 e. The molecule has 1 saturated heterocycles. The molecule has 0 aliphatic carbocycles. The van der Waals surface area contributed by atoms with Crippen molar-refractivity contribution in [3.05, 3.63) is 17.7 Å². The number of aromatic nitrogens is 2. The van der Waals surface area contributed by atoms with Crippen LogP contribution in [0.25, 0.3) is 0 Å². The molecule has 1 aliphatic heterocycles. The zero-order valence-electron chi connectivity index (χ0n) is 8.98. The highest BCUT2D eigenvalue weighted by molar-refractivity contribution is 5.12. The van der Waals surface area contributed by atoms with Crippen LogP contribution >= 0.6 is 0 Å². The Morgan fingerprint density at radius 2 is 2.60 bits per heavy atom. The maximum atomic E-state index is 8.91. The summed E-state index contributed by atoms with van der Waals surface area (Å²) in [7, 11) is 2.12. The molecule has 84 valence electrons. The van der Waals surface area contributed by atoms with E-state index >= 15 is 0 Å². The van der Waals surface area contributed by atoms with Gasteiger partial charge in [-0.2, -0.15) is 0 Å². The van der Waals surface area contributed by atoms with Gasteiger partial charge in [0, 0.05) is 24.4 Å². The Balaban J connectivity index is 2.07. The van der Waals surface area contributed by atoms with Gasteiger partial charge in [-0.3, -0.25) is 0 Å². The van der Waals surface area contributed by atoms with Crippen molar-refractivity contribution in [1.82, 2.24) is 14.9 Å². The number of likely N-dealkylation sites (N-methyl/N-ethyl adjacent to an activating group) is 1. The smallest absolute Gasteiger partial charge is 0.125 e. The van der Waals surface area contributed by atoms with Gasteiger partial charge in [-0.1, -0.05) is 0 Å². The third kappa shape index (κ3) is 2.19. The number of likely N-dealkylation sites (tertiary alicyclic amines) is 1. The first kappa shape index (κ1) is 10.6. The molecule has 1 aliphatic rings. The van der Waals surface area contributed by atoms with Gasteiger partial charge < -0.3 is 20.7 Å². The monoisotopic (exact) mass is 210 g/mol. The van der Waals surface area contributed by atoms with Gasteiger partial charge in [0.15, 0.2) is 0 Å². The van der Waals surface area contributed by atoms with E-state index in [1.807, 2.05) is 6.20 Å². The molecule has 1 fully saturated rings. The maximum Gasteiger partial charge on any atom is 0.125 e. The molecule has 15 heavy (non-hydrogen) atoms. The first-order valence-corrected chi connectivity index (χ1v) is 5.30. The fourth-order valence-electron chi connectivity index (χ4n) is 2.02. The molecule has 1 aromatic rings. The van der Waals surface area contributed by atoms with Crippen LogP contribution in [0.3, 0.4) is 0 Å². The van der Waals surface area contributed by atoms with Crippen molar-refractivity contribution in [3.63, 3.8) is 0 Å². The van der Waals surface area contributed by atoms with Gasteiger partial charge in [-0.25, -0.2) is 4.98 Å². The Bertz CT molecular complexity index is 325. The van der Waals surface area contributed by atoms with E-state index in [0.717, 1.165) is 25.2 Å². The Morgan fingerprint density at radius 3 is 3.20 bits per heavy atom. The average molecular weight is 210 g/mol. The van der Waals surface area contributed by atoms with Crippen LogP contribution in [0, 0.1) is 0 Å². The minimum atomic E-state index is -0.391. The molecule has 2 atom stereocenters. The Kier molecular flexibility index (Phi) is 3.04. The molecule has 5 nitrogen and oxygen atoms in total. The lowest BCUT2D eigenvalue weighted by molar-refractivity contribution is 0.264. The predicted molar refractivity (Wildman–Crippen MR) is 57.5 cm³/mol. The number of nitrogens with one attached hydrogen (secondary N) is 1. The van der Waals surface area contributed by atoms with Crippen LogP contribution in [0.1, 0.15) is 29.9 Å². The quantitative estimate of drug-likeness (QED) is 0.647. The topological polar surface area (TPSA) is 78.2 Å². The summed E-state index contributed by atoms with van der Waals surface area (Å²) >= 11 is 0. The van der Waals surface area contributed by atoms with Crippen LogP contribution in [-0.4, -0.2) is 46.7 Å². The number of aromatic amines is 1. The number of hydrogen-bond donors (Lipinski definition) is 3. The molecular weight excluding hydrogens is 192 g/mol. The number of aliphatic hydroxyl groups excluding tert-OH is 1. The lowest BCUT2D eigenvalue weighted by atomic mass is 10.1. The summed E-state index contributed by atoms with van der Waals surface area (Å²) in [5.41, 5.74) is 6.82. The summed E-state index contributed by atoms with van der Waals surface area (Å²) < 4.78 is 0. The third-order valence-electron chi connectivity index (χ3n) is 2.99. The number of nitrogens with two attached hydrogens (primary N) is 1. The van der Waals surface area contributed by atoms with E-state index in [0.29, 0.717) is 11.7 Å². The fourth-order valence-corrected chi connectivity index (χ4v) is 2.02. The molecule has 0 saturated carbocycles. The molecule has 0 amide bonds. The van der Waals surface area contributed by atoms with Crippen LogP contribution < -0.4 is 5.73 Å². The zero-order valence-corrected chi connectivity index (χ0v) is 8.98. The molecule has 1 aromatic heterocycles. The lowest BCUT2D eigenvalue weighted by Gasteiger charge is -2.08. The summed E-state index contributed by atoms with van der Waals surface area (Å²) in [5.74, 6) is 1.21. The van der Waals surface area contributed by atoms with Gasteiger partial charge in [-0.05, 0) is 20.0 Å². The minimum absolute atomic E-state index is 0.0719. The highest BCUT2D eigenvalue weighted by atomic mass is 16.3. The van der Waals surface area contributed by atoms with Crippen LogP contribution in [0.4, 0.5) is 0 Å². The molecule has 0 radical (unpaired) electrons. The number of H-pyrrole nitrogens is 1. The molecule has 2 unspecified atom stereocenters. The Morgan fingerprint density at radius 1 is 1.80 bits per heavy atom. The number of nitrogens with zero attached hydrogens (tertiary/aromatic N) is 2. The number of aliphatic hydroxyl groups is 1. The van der Waals surface area contributed by atoms with Gasteiger partial charge >= 0.3 is 0 Å². The summed E-state index contributed by atoms with van der Waals surface area (Å²) in [6.45, 7) is 2.12. The van der Waals surface area contributed by atoms with Gasteiger partial charge in [0.05, 0.1) is 12.6 Å². The predicted octanol–water partition coefficient (Wildman–Crippen LogP) is -0.179. The van der Waals surface area contributed by atoms with Crippen LogP contribution in [0.15, 0.2) is 6.20 Å². The van der Waals surface area contributed by atoms with E-state index in [-0.39, 0.29) is 6.61 Å². The summed E-state index contributed by atoms with van der Waals surface area (Å²) in [6.07, 6.45) is 3.00. The molecule has 0 spiro atoms. The summed E-state index contributed by atoms with van der Waals surface area (Å²) in [4.78, 5) is 9.70. The van der Waals surface area contributed by atoms with E-state index in [1.165, 1.54) is 0 Å². The van der Waals surface area contributed by atoms with Gasteiger partial charge in [-0.15, -0.1) is 0 Å². The molecule has 5 heteroatoms. The normalized spacial score (nSPS) is 24.6. The zero-order chi connectivity index (χ0) is 10.8. The van der Waals surface area contributed by atoms with Gasteiger partial charge in [0.2, 0.25) is 0 Å². The van der Waals surface area contributed by atoms with E-state index in [9.17, 15) is 0 Å². The van der Waals surface area contributed by atoms with E-state index in [1.54, 1.807) is 0 Å². The largest absolute Gasteiger partial charge is 0.394 e. The highest BCUT2D eigenvalue weighted by Crippen LogP contribution is 2.25. The molecular formula is C10H18N4O. The van der Waals surface area contributed by atoms with E-state index in [4.69, 9.17) is 10.8 Å². The maximum absolute atomic E-state index is 8.91. The molecule has 2 heterocycles. The SMILES string of the molecule is CN1CCC(c2cnc(C(N)CO)[nH]2)C1. The lowest BCUT2D eigenvalue weighted by Crippen LogP contribution is -2.16. The summed E-state index contributed by atoms with van der Waals surface area (Å²) in [5, 5.41) is 8.91. The van der Waals surface area contributed by atoms with Crippen molar-refractivity contribution in [2.75, 3.05) is 26.7 Å². The third-order valence-corrected chi connectivity index (χ3v) is 2.99. The van der Waals surface area contributed by atoms with E-state index < -0.39 is 6.04 Å². The van der Waals surface area contributed by atoms with Crippen molar-refractivity contribution in [2.45, 2.75) is 18.4 Å². The Hall–Kier alpha value is -0.910. The van der Waals surface area contributed by atoms with Crippen LogP contribution in [0.5, 0.6) is 0 Å². The number of rotatable bonds is 3. The van der Waals surface area contributed by atoms with Gasteiger partial charge in [0.1, 0.15) is 5.82 Å². The molecule has 4 N–H and O–H groups in total. The second-order valence-electron chi connectivity index (χ2n) is 4.26. The van der Waals surface area contributed by atoms with Crippen molar-refractivity contribution < 1.29 is 5.11 Å². The Labute approximate surface area is 89.3 Å². The van der Waals surface area contributed by atoms with E-state index in [2.05, 4.69) is 21.9 Å². The standard InChI is InChI=1S/C10H18N4O/c1-14-3-2-7(5-14)9-4-12-10(13-9)8(11)6-15/h4,7-8,15H,2-3,5-6,11H2,1H3,(H,12,13). The second kappa shape index (κ2) is 4.30. The van der Waals surface area contributed by atoms with Gasteiger partial charge in [0.25, 0.3) is 0 Å². The number of imidazole rings is 1. The average Bonchev–Trinajstić information content (AvgIpc) is 2.84. The molecule has 0 bridgehead atoms. The fraction of sp³-hybridized carbons (Fsp3) is 0.700. The van der Waals surface area contributed by atoms with Crippen LogP contribution in [-0.2, 0) is 0 Å². The van der Waals surface area contributed by atoms with Crippen molar-refractivity contribution in [3.8, 4) is 0 Å².